The molecule has 0 aliphatic carbocycles. The summed E-state index contributed by atoms with van der Waals surface area (Å²) in [5, 5.41) is 0. The highest BCUT2D eigenvalue weighted by Gasteiger charge is 2.27. The molecule has 0 fully saturated rings. The van der Waals surface area contributed by atoms with Crippen molar-refractivity contribution in [3.63, 3.8) is 0 Å². The van der Waals surface area contributed by atoms with Crippen LogP contribution in [-0.4, -0.2) is 5.91 Å². The van der Waals surface area contributed by atoms with Crippen LogP contribution in [0.15, 0.2) is 36.4 Å². The largest absolute Gasteiger partial charge is 0.469 e. The second kappa shape index (κ2) is 5.82. The predicted molar refractivity (Wildman–Crippen MR) is 65.3 cm³/mol. The second-order valence-corrected chi connectivity index (χ2v) is 4.11. The van der Waals surface area contributed by atoms with Crippen molar-refractivity contribution in [1.29, 1.82) is 0 Å². The number of amides is 1. The molecule has 0 heterocycles. The van der Waals surface area contributed by atoms with Crippen molar-refractivity contribution in [2.24, 2.45) is 5.73 Å². The van der Waals surface area contributed by atoms with E-state index < -0.39 is 41.0 Å². The average molecular weight is 299 g/mol. The molecule has 0 saturated carbocycles. The zero-order chi connectivity index (χ0) is 15.6. The molecule has 2 aromatic carbocycles. The van der Waals surface area contributed by atoms with E-state index in [0.29, 0.717) is 0 Å². The molecule has 2 rings (SSSR count). The van der Waals surface area contributed by atoms with E-state index in [-0.39, 0.29) is 11.6 Å². The summed E-state index contributed by atoms with van der Waals surface area (Å²) in [6.45, 7) is 0. The molecule has 110 valence electrons. The van der Waals surface area contributed by atoms with Gasteiger partial charge in [-0.1, -0.05) is 30.3 Å². The zero-order valence-corrected chi connectivity index (χ0v) is 10.4. The summed E-state index contributed by atoms with van der Waals surface area (Å²) in [5.41, 5.74) is 5.28. The van der Waals surface area contributed by atoms with Crippen LogP contribution in [0.1, 0.15) is 11.7 Å². The first kappa shape index (κ1) is 14.8. The Balaban J connectivity index is 2.46. The Kier molecular flexibility index (Phi) is 4.11. The number of hydrogen-bond acceptors (Lipinski definition) is 2. The molecule has 0 spiro atoms. The quantitative estimate of drug-likeness (QED) is 0.697. The van der Waals surface area contributed by atoms with Gasteiger partial charge in [-0.15, -0.1) is 0 Å². The zero-order valence-electron chi connectivity index (χ0n) is 10.4. The number of halogens is 4. The van der Waals surface area contributed by atoms with Crippen molar-refractivity contribution in [2.45, 2.75) is 6.10 Å². The lowest BCUT2D eigenvalue weighted by atomic mass is 10.1. The number of primary amides is 1. The highest BCUT2D eigenvalue weighted by atomic mass is 19.2. The SMILES string of the molecule is NC(=O)C(Oc1c(F)c(F)cc(F)c1F)c1ccccc1. The van der Waals surface area contributed by atoms with Crippen LogP contribution < -0.4 is 10.5 Å². The second-order valence-electron chi connectivity index (χ2n) is 4.11. The van der Waals surface area contributed by atoms with Crippen LogP contribution >= 0.6 is 0 Å². The molecule has 3 nitrogen and oxygen atoms in total. The van der Waals surface area contributed by atoms with Gasteiger partial charge in [0.05, 0.1) is 0 Å². The standard InChI is InChI=1S/C14H9F4NO2/c15-8-6-9(16)11(18)13(10(8)17)21-12(14(19)20)7-4-2-1-3-5-7/h1-6,12H,(H2,19,20). The van der Waals surface area contributed by atoms with E-state index in [1.807, 2.05) is 0 Å². The summed E-state index contributed by atoms with van der Waals surface area (Å²) >= 11 is 0. The number of nitrogens with two attached hydrogens (primary N) is 1. The van der Waals surface area contributed by atoms with Crippen LogP contribution in [-0.2, 0) is 4.79 Å². The van der Waals surface area contributed by atoms with Crippen LogP contribution in [0.25, 0.3) is 0 Å². The maximum atomic E-state index is 13.5. The van der Waals surface area contributed by atoms with Crippen molar-refractivity contribution in [3.05, 3.63) is 65.2 Å². The van der Waals surface area contributed by atoms with Gasteiger partial charge in [0, 0.05) is 11.6 Å². The van der Waals surface area contributed by atoms with Crippen molar-refractivity contribution in [1.82, 2.24) is 0 Å². The molecule has 1 unspecified atom stereocenters. The fourth-order valence-corrected chi connectivity index (χ4v) is 1.69. The molecule has 0 radical (unpaired) electrons. The Bertz CT molecular complexity index is 650. The molecule has 0 saturated heterocycles. The van der Waals surface area contributed by atoms with Crippen molar-refractivity contribution < 1.29 is 27.1 Å². The summed E-state index contributed by atoms with van der Waals surface area (Å²) in [5.74, 6) is -9.16. The van der Waals surface area contributed by atoms with Crippen molar-refractivity contribution >= 4 is 5.91 Å². The molecule has 2 N–H and O–H groups in total. The number of benzene rings is 2. The number of carbonyl (C=O) groups excluding carboxylic acids is 1. The Morgan fingerprint density at radius 2 is 1.52 bits per heavy atom. The molecule has 0 aliphatic rings. The lowest BCUT2D eigenvalue weighted by molar-refractivity contribution is -0.125. The topological polar surface area (TPSA) is 52.3 Å². The first-order chi connectivity index (χ1) is 9.91. The van der Waals surface area contributed by atoms with Crippen LogP contribution in [0.3, 0.4) is 0 Å². The third kappa shape index (κ3) is 2.96. The van der Waals surface area contributed by atoms with Gasteiger partial charge in [-0.25, -0.2) is 8.78 Å². The molecule has 21 heavy (non-hydrogen) atoms. The van der Waals surface area contributed by atoms with Crippen LogP contribution in [0.4, 0.5) is 17.6 Å². The first-order valence-corrected chi connectivity index (χ1v) is 5.75. The van der Waals surface area contributed by atoms with Gasteiger partial charge in [-0.05, 0) is 0 Å². The van der Waals surface area contributed by atoms with Crippen molar-refractivity contribution in [2.75, 3.05) is 0 Å². The Hall–Kier alpha value is -2.57. The van der Waals surface area contributed by atoms with Crippen LogP contribution in [0.5, 0.6) is 5.75 Å². The molecule has 2 aromatic rings. The van der Waals surface area contributed by atoms with E-state index in [1.54, 1.807) is 6.07 Å². The maximum absolute atomic E-state index is 13.5. The van der Waals surface area contributed by atoms with E-state index in [4.69, 9.17) is 10.5 Å². The van der Waals surface area contributed by atoms with Gasteiger partial charge in [0.1, 0.15) is 0 Å². The van der Waals surface area contributed by atoms with Gasteiger partial charge in [-0.3, -0.25) is 4.79 Å². The molecule has 1 amide bonds. The fraction of sp³-hybridized carbons (Fsp3) is 0.0714. The van der Waals surface area contributed by atoms with Crippen LogP contribution in [0, 0.1) is 23.3 Å². The smallest absolute Gasteiger partial charge is 0.263 e. The summed E-state index contributed by atoms with van der Waals surface area (Å²) in [4.78, 5) is 11.4. The predicted octanol–water partition coefficient (Wildman–Crippen LogP) is 2.85. The van der Waals surface area contributed by atoms with Gasteiger partial charge in [0.15, 0.2) is 17.4 Å². The minimum Gasteiger partial charge on any atom is -0.469 e. The minimum atomic E-state index is -1.74. The summed E-state index contributed by atoms with van der Waals surface area (Å²) in [6.07, 6.45) is -1.59. The van der Waals surface area contributed by atoms with Crippen molar-refractivity contribution in [3.8, 4) is 5.75 Å². The molecular weight excluding hydrogens is 290 g/mol. The molecule has 1 atom stereocenters. The maximum Gasteiger partial charge on any atom is 0.263 e. The average Bonchev–Trinajstić information content (AvgIpc) is 2.46. The Labute approximate surface area is 116 Å². The molecule has 0 bridgehead atoms. The number of hydrogen-bond donors (Lipinski definition) is 1. The molecule has 0 aliphatic heterocycles. The monoisotopic (exact) mass is 299 g/mol. The van der Waals surface area contributed by atoms with E-state index in [9.17, 15) is 22.4 Å². The molecular formula is C14H9F4NO2. The Morgan fingerprint density at radius 1 is 1.00 bits per heavy atom. The fourth-order valence-electron chi connectivity index (χ4n) is 1.69. The lowest BCUT2D eigenvalue weighted by Crippen LogP contribution is -2.27. The number of rotatable bonds is 4. The van der Waals surface area contributed by atoms with Gasteiger partial charge in [-0.2, -0.15) is 8.78 Å². The first-order valence-electron chi connectivity index (χ1n) is 5.75. The highest BCUT2D eigenvalue weighted by Crippen LogP contribution is 2.30. The summed E-state index contributed by atoms with van der Waals surface area (Å²) < 4.78 is 58.0. The van der Waals surface area contributed by atoms with E-state index in [0.717, 1.165) is 0 Å². The normalized spacial score (nSPS) is 12.0. The molecule has 0 aromatic heterocycles. The lowest BCUT2D eigenvalue weighted by Gasteiger charge is -2.17. The van der Waals surface area contributed by atoms with Crippen LogP contribution in [0.2, 0.25) is 0 Å². The number of ether oxygens (including phenoxy) is 1. The number of carbonyl (C=O) groups is 1. The van der Waals surface area contributed by atoms with Gasteiger partial charge in [0.2, 0.25) is 17.7 Å². The van der Waals surface area contributed by atoms with Gasteiger partial charge >= 0.3 is 0 Å². The van der Waals surface area contributed by atoms with Gasteiger partial charge < -0.3 is 10.5 Å². The van der Waals surface area contributed by atoms with E-state index in [1.165, 1.54) is 24.3 Å². The van der Waals surface area contributed by atoms with Gasteiger partial charge in [0.25, 0.3) is 5.91 Å². The summed E-state index contributed by atoms with van der Waals surface area (Å²) in [6, 6.07) is 7.58. The molecule has 7 heteroatoms. The Morgan fingerprint density at radius 3 is 2.00 bits per heavy atom. The highest BCUT2D eigenvalue weighted by molar-refractivity contribution is 5.80. The minimum absolute atomic E-state index is 0.0410. The summed E-state index contributed by atoms with van der Waals surface area (Å²) in [7, 11) is 0. The third-order valence-corrected chi connectivity index (χ3v) is 2.67. The third-order valence-electron chi connectivity index (χ3n) is 2.67. The van der Waals surface area contributed by atoms with E-state index >= 15 is 0 Å². The van der Waals surface area contributed by atoms with E-state index in [2.05, 4.69) is 0 Å².